The molecule has 7 heteroatoms. The maximum absolute atomic E-state index is 12.5. The van der Waals surface area contributed by atoms with Gasteiger partial charge in [-0.15, -0.1) is 0 Å². The minimum atomic E-state index is -0.924. The highest BCUT2D eigenvalue weighted by atomic mass is 16.5. The van der Waals surface area contributed by atoms with E-state index >= 15 is 0 Å². The van der Waals surface area contributed by atoms with Crippen molar-refractivity contribution in [2.24, 2.45) is 0 Å². The molecule has 32 heavy (non-hydrogen) atoms. The fraction of sp³-hybridized carbons (Fsp3) is 0.400. The number of carboxylic acid groups (broad SMARTS) is 1. The van der Waals surface area contributed by atoms with Gasteiger partial charge >= 0.3 is 12.1 Å². The van der Waals surface area contributed by atoms with Crippen molar-refractivity contribution in [1.29, 1.82) is 0 Å². The first kappa shape index (κ1) is 21.9. The van der Waals surface area contributed by atoms with E-state index in [1.54, 1.807) is 0 Å². The molecule has 0 aliphatic heterocycles. The predicted octanol–water partition coefficient (Wildman–Crippen LogP) is 3.82. The Morgan fingerprint density at radius 1 is 1.06 bits per heavy atom. The Hall–Kier alpha value is -3.35. The lowest BCUT2D eigenvalue weighted by molar-refractivity contribution is -0.138. The van der Waals surface area contributed by atoms with Gasteiger partial charge in [-0.25, -0.2) is 4.79 Å². The van der Waals surface area contributed by atoms with Crippen LogP contribution < -0.4 is 10.6 Å². The largest absolute Gasteiger partial charge is 0.481 e. The minimum Gasteiger partial charge on any atom is -0.481 e. The first-order chi connectivity index (χ1) is 15.4. The van der Waals surface area contributed by atoms with E-state index in [0.717, 1.165) is 22.3 Å². The number of hydrogen-bond acceptors (Lipinski definition) is 4. The molecule has 2 aliphatic rings. The third-order valence-electron chi connectivity index (χ3n) is 6.34. The molecule has 0 radical (unpaired) electrons. The summed E-state index contributed by atoms with van der Waals surface area (Å²) in [5, 5.41) is 14.6. The zero-order chi connectivity index (χ0) is 22.7. The normalized spacial score (nSPS) is 16.4. The van der Waals surface area contributed by atoms with Gasteiger partial charge < -0.3 is 20.5 Å². The summed E-state index contributed by atoms with van der Waals surface area (Å²) in [5.74, 6) is -1.21. The standard InChI is InChI=1S/C25H28N2O5/c1-2-16(13-22(28)27-25(11-12-25)14-23(29)30)26-24(31)32-15-21-19-9-5-3-7-17(19)18-8-4-6-10-20(18)21/h3-10,16,21H,2,11-15H2,1H3,(H,26,31)(H,27,28)(H,29,30)/t16-/m1/s1. The SMILES string of the molecule is CC[C@H](CC(=O)NC1(CC(=O)O)CC1)NC(=O)OCC1c2ccccc2-c2ccccc21. The third-order valence-corrected chi connectivity index (χ3v) is 6.34. The van der Waals surface area contributed by atoms with E-state index in [1.165, 1.54) is 0 Å². The van der Waals surface area contributed by atoms with Crippen molar-refractivity contribution in [1.82, 2.24) is 10.6 Å². The molecule has 4 rings (SSSR count). The second-order valence-corrected chi connectivity index (χ2v) is 8.68. The molecule has 168 valence electrons. The first-order valence-corrected chi connectivity index (χ1v) is 11.0. The first-order valence-electron chi connectivity index (χ1n) is 11.0. The maximum Gasteiger partial charge on any atom is 0.407 e. The lowest BCUT2D eigenvalue weighted by Gasteiger charge is -2.20. The second-order valence-electron chi connectivity index (χ2n) is 8.68. The van der Waals surface area contributed by atoms with Gasteiger partial charge in [0.15, 0.2) is 0 Å². The molecule has 2 amide bonds. The molecule has 0 saturated heterocycles. The number of carbonyl (C=O) groups is 3. The number of carbonyl (C=O) groups excluding carboxylic acids is 2. The van der Waals surface area contributed by atoms with E-state index in [4.69, 9.17) is 9.84 Å². The summed E-state index contributed by atoms with van der Waals surface area (Å²) >= 11 is 0. The van der Waals surface area contributed by atoms with E-state index in [9.17, 15) is 14.4 Å². The number of hydrogen-bond donors (Lipinski definition) is 3. The Kier molecular flexibility index (Phi) is 6.17. The van der Waals surface area contributed by atoms with Crippen molar-refractivity contribution in [3.05, 3.63) is 59.7 Å². The molecule has 0 heterocycles. The van der Waals surface area contributed by atoms with E-state index in [2.05, 4.69) is 34.9 Å². The third kappa shape index (κ3) is 4.77. The van der Waals surface area contributed by atoms with Crippen LogP contribution in [-0.2, 0) is 14.3 Å². The monoisotopic (exact) mass is 436 g/mol. The highest BCUT2D eigenvalue weighted by Gasteiger charge is 2.45. The number of ether oxygens (including phenoxy) is 1. The number of rotatable bonds is 9. The van der Waals surface area contributed by atoms with Crippen molar-refractivity contribution in [2.45, 2.75) is 56.5 Å². The molecule has 2 aromatic carbocycles. The average molecular weight is 437 g/mol. The van der Waals surface area contributed by atoms with Crippen LogP contribution in [0.1, 0.15) is 56.1 Å². The molecule has 1 saturated carbocycles. The fourth-order valence-electron chi connectivity index (χ4n) is 4.46. The summed E-state index contributed by atoms with van der Waals surface area (Å²) in [6.45, 7) is 2.09. The summed E-state index contributed by atoms with van der Waals surface area (Å²) < 4.78 is 5.56. The van der Waals surface area contributed by atoms with E-state index in [0.29, 0.717) is 19.3 Å². The van der Waals surface area contributed by atoms with E-state index in [-0.39, 0.29) is 37.3 Å². The smallest absolute Gasteiger partial charge is 0.407 e. The number of aliphatic carboxylic acids is 1. The average Bonchev–Trinajstić information content (AvgIpc) is 3.43. The Bertz CT molecular complexity index is 985. The molecule has 2 aliphatic carbocycles. The van der Waals surface area contributed by atoms with Crippen LogP contribution in [0.3, 0.4) is 0 Å². The Labute approximate surface area is 187 Å². The summed E-state index contributed by atoms with van der Waals surface area (Å²) in [5.41, 5.74) is 3.98. The highest BCUT2D eigenvalue weighted by molar-refractivity contribution is 5.81. The summed E-state index contributed by atoms with van der Waals surface area (Å²) in [4.78, 5) is 35.8. The minimum absolute atomic E-state index is 0.0257. The van der Waals surface area contributed by atoms with Crippen LogP contribution in [0.2, 0.25) is 0 Å². The van der Waals surface area contributed by atoms with Crippen molar-refractivity contribution in [2.75, 3.05) is 6.61 Å². The molecular formula is C25H28N2O5. The summed E-state index contributed by atoms with van der Waals surface area (Å²) in [7, 11) is 0. The maximum atomic E-state index is 12.5. The van der Waals surface area contributed by atoms with Gasteiger partial charge in [-0.1, -0.05) is 55.5 Å². The zero-order valence-corrected chi connectivity index (χ0v) is 18.1. The van der Waals surface area contributed by atoms with Gasteiger partial charge in [0.05, 0.1) is 12.0 Å². The fourth-order valence-corrected chi connectivity index (χ4v) is 4.46. The van der Waals surface area contributed by atoms with Crippen molar-refractivity contribution in [3.63, 3.8) is 0 Å². The molecular weight excluding hydrogens is 408 g/mol. The van der Waals surface area contributed by atoms with E-state index < -0.39 is 17.6 Å². The van der Waals surface area contributed by atoms with Crippen LogP contribution >= 0.6 is 0 Å². The van der Waals surface area contributed by atoms with Gasteiger partial charge in [0.2, 0.25) is 5.91 Å². The van der Waals surface area contributed by atoms with Crippen molar-refractivity contribution >= 4 is 18.0 Å². The Balaban J connectivity index is 1.31. The van der Waals surface area contributed by atoms with Gasteiger partial charge in [0.25, 0.3) is 0 Å². The molecule has 1 fully saturated rings. The molecule has 2 aromatic rings. The number of alkyl carbamates (subject to hydrolysis) is 1. The number of amides is 2. The van der Waals surface area contributed by atoms with Crippen LogP contribution in [-0.4, -0.2) is 41.3 Å². The molecule has 0 bridgehead atoms. The van der Waals surface area contributed by atoms with Crippen LogP contribution in [0.5, 0.6) is 0 Å². The summed E-state index contributed by atoms with van der Waals surface area (Å²) in [6, 6.07) is 15.9. The number of nitrogens with one attached hydrogen (secondary N) is 2. The van der Waals surface area contributed by atoms with Crippen molar-refractivity contribution < 1.29 is 24.2 Å². The van der Waals surface area contributed by atoms with Gasteiger partial charge in [-0.05, 0) is 41.5 Å². The topological polar surface area (TPSA) is 105 Å². The molecule has 0 unspecified atom stereocenters. The second kappa shape index (κ2) is 9.02. The molecule has 0 aromatic heterocycles. The van der Waals surface area contributed by atoms with Gasteiger partial charge in [0, 0.05) is 18.4 Å². The molecule has 0 spiro atoms. The molecule has 1 atom stereocenters. The molecule has 3 N–H and O–H groups in total. The van der Waals surface area contributed by atoms with Gasteiger partial charge in [0.1, 0.15) is 6.61 Å². The number of carboxylic acids is 1. The van der Waals surface area contributed by atoms with E-state index in [1.807, 2.05) is 31.2 Å². The number of fused-ring (bicyclic) bond motifs is 3. The number of benzene rings is 2. The Morgan fingerprint density at radius 2 is 1.66 bits per heavy atom. The van der Waals surface area contributed by atoms with Crippen LogP contribution in [0.25, 0.3) is 11.1 Å². The lowest BCUT2D eigenvalue weighted by atomic mass is 9.98. The van der Waals surface area contributed by atoms with Gasteiger partial charge in [-0.2, -0.15) is 0 Å². The quantitative estimate of drug-likeness (QED) is 0.554. The predicted molar refractivity (Wildman–Crippen MR) is 119 cm³/mol. The van der Waals surface area contributed by atoms with Gasteiger partial charge in [-0.3, -0.25) is 9.59 Å². The highest BCUT2D eigenvalue weighted by Crippen LogP contribution is 2.44. The van der Waals surface area contributed by atoms with Crippen molar-refractivity contribution in [3.8, 4) is 11.1 Å². The summed E-state index contributed by atoms with van der Waals surface area (Å²) in [6.07, 6.45) is 1.35. The van der Waals surface area contributed by atoms with Crippen LogP contribution in [0.15, 0.2) is 48.5 Å². The van der Waals surface area contributed by atoms with Crippen LogP contribution in [0, 0.1) is 0 Å². The van der Waals surface area contributed by atoms with Crippen LogP contribution in [0.4, 0.5) is 4.79 Å². The Morgan fingerprint density at radius 3 is 2.19 bits per heavy atom. The zero-order valence-electron chi connectivity index (χ0n) is 18.1. The molecule has 7 nitrogen and oxygen atoms in total. The lowest BCUT2D eigenvalue weighted by Crippen LogP contribution is -2.43.